The second-order valence-electron chi connectivity index (χ2n) is 7.71. The molecule has 0 bridgehead atoms. The van der Waals surface area contributed by atoms with Gasteiger partial charge in [-0.1, -0.05) is 40.5 Å². The Kier molecular flexibility index (Phi) is 4.38. The van der Waals surface area contributed by atoms with Crippen molar-refractivity contribution in [2.45, 2.75) is 77.8 Å². The summed E-state index contributed by atoms with van der Waals surface area (Å²) in [7, 11) is 0. The molecule has 1 spiro atoms. The van der Waals surface area contributed by atoms with E-state index in [9.17, 15) is 0 Å². The fourth-order valence-corrected chi connectivity index (χ4v) is 3.57. The topological polar surface area (TPSA) is 15.3 Å². The van der Waals surface area contributed by atoms with Gasteiger partial charge in [0.1, 0.15) is 0 Å². The maximum atomic E-state index is 3.88. The third kappa shape index (κ3) is 3.48. The van der Waals surface area contributed by atoms with Crippen molar-refractivity contribution < 1.29 is 0 Å². The van der Waals surface area contributed by atoms with Crippen molar-refractivity contribution in [1.29, 1.82) is 0 Å². The van der Waals surface area contributed by atoms with E-state index in [1.54, 1.807) is 0 Å². The van der Waals surface area contributed by atoms with Gasteiger partial charge in [0.05, 0.1) is 0 Å². The van der Waals surface area contributed by atoms with Crippen LogP contribution in [0.3, 0.4) is 0 Å². The van der Waals surface area contributed by atoms with E-state index in [1.165, 1.54) is 58.2 Å². The minimum atomic E-state index is 0.464. The van der Waals surface area contributed by atoms with E-state index < -0.39 is 0 Å². The lowest BCUT2D eigenvalue weighted by Crippen LogP contribution is -2.63. The summed E-state index contributed by atoms with van der Waals surface area (Å²) in [5.41, 5.74) is 0.940. The molecule has 0 aromatic heterocycles. The summed E-state index contributed by atoms with van der Waals surface area (Å²) in [6.07, 6.45) is 8.26. The molecule has 106 valence electrons. The van der Waals surface area contributed by atoms with Crippen LogP contribution < -0.4 is 5.32 Å². The average Bonchev–Trinajstić information content (AvgIpc) is 2.74. The summed E-state index contributed by atoms with van der Waals surface area (Å²) in [5.74, 6) is 0. The SMILES string of the molecule is CCC1CNC2(CCCC2)CN1CCC(C)(C)C. The van der Waals surface area contributed by atoms with Crippen molar-refractivity contribution in [3.8, 4) is 0 Å². The maximum Gasteiger partial charge on any atom is 0.0309 e. The van der Waals surface area contributed by atoms with Crippen molar-refractivity contribution in [3.05, 3.63) is 0 Å². The molecule has 2 heteroatoms. The molecule has 1 atom stereocenters. The average molecular weight is 252 g/mol. The minimum Gasteiger partial charge on any atom is -0.308 e. The Labute approximate surface area is 114 Å². The zero-order chi connectivity index (χ0) is 13.2. The number of rotatable bonds is 3. The fraction of sp³-hybridized carbons (Fsp3) is 1.00. The molecule has 0 aromatic carbocycles. The molecule has 0 radical (unpaired) electrons. The Balaban J connectivity index is 1.95. The highest BCUT2D eigenvalue weighted by atomic mass is 15.3. The van der Waals surface area contributed by atoms with E-state index >= 15 is 0 Å². The first-order valence-electron chi connectivity index (χ1n) is 7.93. The van der Waals surface area contributed by atoms with Crippen LogP contribution in [-0.2, 0) is 0 Å². The van der Waals surface area contributed by atoms with E-state index in [2.05, 4.69) is 37.9 Å². The summed E-state index contributed by atoms with van der Waals surface area (Å²) in [5, 5.41) is 3.88. The van der Waals surface area contributed by atoms with E-state index in [0.717, 1.165) is 6.04 Å². The molecule has 2 aliphatic rings. The molecule has 1 heterocycles. The Hall–Kier alpha value is -0.0800. The summed E-state index contributed by atoms with van der Waals surface area (Å²) in [6.45, 7) is 13.2. The molecule has 2 nitrogen and oxygen atoms in total. The highest BCUT2D eigenvalue weighted by molar-refractivity contribution is 5.00. The van der Waals surface area contributed by atoms with Gasteiger partial charge in [0.2, 0.25) is 0 Å². The number of nitrogens with zero attached hydrogens (tertiary/aromatic N) is 1. The monoisotopic (exact) mass is 252 g/mol. The van der Waals surface area contributed by atoms with E-state index in [4.69, 9.17) is 0 Å². The van der Waals surface area contributed by atoms with Gasteiger partial charge in [-0.15, -0.1) is 0 Å². The predicted molar refractivity (Wildman–Crippen MR) is 78.9 cm³/mol. The molecule has 1 N–H and O–H groups in total. The molecule has 0 amide bonds. The van der Waals surface area contributed by atoms with Gasteiger partial charge in [0, 0.05) is 24.7 Å². The first kappa shape index (κ1) is 14.3. The Morgan fingerprint density at radius 3 is 2.44 bits per heavy atom. The standard InChI is InChI=1S/C16H32N2/c1-5-14-12-17-16(8-6-7-9-16)13-18(14)11-10-15(2,3)4/h14,17H,5-13H2,1-4H3. The summed E-state index contributed by atoms with van der Waals surface area (Å²) in [4.78, 5) is 2.78. The van der Waals surface area contributed by atoms with Crippen molar-refractivity contribution >= 4 is 0 Å². The molecule has 1 saturated carbocycles. The molecule has 1 saturated heterocycles. The molecule has 2 rings (SSSR count). The largest absolute Gasteiger partial charge is 0.308 e. The van der Waals surface area contributed by atoms with Crippen molar-refractivity contribution in [3.63, 3.8) is 0 Å². The number of hydrogen-bond donors (Lipinski definition) is 1. The van der Waals surface area contributed by atoms with Gasteiger partial charge in [-0.3, -0.25) is 4.90 Å². The second kappa shape index (κ2) is 5.50. The molecular formula is C16H32N2. The molecule has 0 aromatic rings. The van der Waals surface area contributed by atoms with Crippen LogP contribution in [0.1, 0.15) is 66.2 Å². The maximum absolute atomic E-state index is 3.88. The van der Waals surface area contributed by atoms with Crippen LogP contribution >= 0.6 is 0 Å². The van der Waals surface area contributed by atoms with Crippen LogP contribution in [0.25, 0.3) is 0 Å². The van der Waals surface area contributed by atoms with E-state index in [1.807, 2.05) is 0 Å². The number of piperazine rings is 1. The van der Waals surface area contributed by atoms with Crippen LogP contribution in [0.4, 0.5) is 0 Å². The predicted octanol–water partition coefficient (Wildman–Crippen LogP) is 3.42. The van der Waals surface area contributed by atoms with Crippen LogP contribution in [0.2, 0.25) is 0 Å². The first-order chi connectivity index (χ1) is 8.44. The van der Waals surface area contributed by atoms with Gasteiger partial charge in [0.25, 0.3) is 0 Å². The molecule has 1 unspecified atom stereocenters. The Bertz CT molecular complexity index is 261. The number of nitrogens with one attached hydrogen (secondary N) is 1. The lowest BCUT2D eigenvalue weighted by atomic mass is 9.88. The highest BCUT2D eigenvalue weighted by Crippen LogP contribution is 2.34. The molecule has 1 aliphatic heterocycles. The van der Waals surface area contributed by atoms with Gasteiger partial charge in [-0.2, -0.15) is 0 Å². The third-order valence-corrected chi connectivity index (χ3v) is 4.92. The smallest absolute Gasteiger partial charge is 0.0309 e. The molecule has 2 fully saturated rings. The van der Waals surface area contributed by atoms with E-state index in [-0.39, 0.29) is 0 Å². The quantitative estimate of drug-likeness (QED) is 0.828. The zero-order valence-corrected chi connectivity index (χ0v) is 12.9. The van der Waals surface area contributed by atoms with Gasteiger partial charge >= 0.3 is 0 Å². The van der Waals surface area contributed by atoms with Gasteiger partial charge in [0.15, 0.2) is 0 Å². The van der Waals surface area contributed by atoms with Crippen LogP contribution in [0.5, 0.6) is 0 Å². The highest BCUT2D eigenvalue weighted by Gasteiger charge is 2.40. The molecular weight excluding hydrogens is 220 g/mol. The lowest BCUT2D eigenvalue weighted by Gasteiger charge is -2.47. The Morgan fingerprint density at radius 1 is 1.22 bits per heavy atom. The van der Waals surface area contributed by atoms with Crippen molar-refractivity contribution in [2.24, 2.45) is 5.41 Å². The van der Waals surface area contributed by atoms with Gasteiger partial charge in [-0.05, 0) is 37.6 Å². The summed E-state index contributed by atoms with van der Waals surface area (Å²) < 4.78 is 0. The Morgan fingerprint density at radius 2 is 1.89 bits per heavy atom. The first-order valence-corrected chi connectivity index (χ1v) is 7.93. The van der Waals surface area contributed by atoms with Crippen molar-refractivity contribution in [1.82, 2.24) is 10.2 Å². The van der Waals surface area contributed by atoms with E-state index in [0.29, 0.717) is 11.0 Å². The summed E-state index contributed by atoms with van der Waals surface area (Å²) in [6, 6.07) is 0.763. The fourth-order valence-electron chi connectivity index (χ4n) is 3.57. The van der Waals surface area contributed by atoms with Gasteiger partial charge in [-0.25, -0.2) is 0 Å². The van der Waals surface area contributed by atoms with Gasteiger partial charge < -0.3 is 5.32 Å². The zero-order valence-electron chi connectivity index (χ0n) is 12.9. The molecule has 1 aliphatic carbocycles. The van der Waals surface area contributed by atoms with Crippen LogP contribution in [-0.4, -0.2) is 36.1 Å². The number of hydrogen-bond acceptors (Lipinski definition) is 2. The normalized spacial score (nSPS) is 29.0. The second-order valence-corrected chi connectivity index (χ2v) is 7.71. The van der Waals surface area contributed by atoms with Crippen molar-refractivity contribution in [2.75, 3.05) is 19.6 Å². The van der Waals surface area contributed by atoms with Crippen LogP contribution in [0.15, 0.2) is 0 Å². The molecule has 18 heavy (non-hydrogen) atoms. The summed E-state index contributed by atoms with van der Waals surface area (Å²) >= 11 is 0. The minimum absolute atomic E-state index is 0.464. The van der Waals surface area contributed by atoms with Crippen LogP contribution in [0, 0.1) is 5.41 Å². The third-order valence-electron chi connectivity index (χ3n) is 4.92. The lowest BCUT2D eigenvalue weighted by molar-refractivity contribution is 0.0686.